The molecule has 1 aromatic carbocycles. The molecule has 120 valence electrons. The molecule has 6 heteroatoms. The van der Waals surface area contributed by atoms with Crippen molar-refractivity contribution in [1.82, 2.24) is 14.3 Å². The van der Waals surface area contributed by atoms with Crippen LogP contribution < -0.4 is 5.32 Å². The number of fused-ring (bicyclic) bond motifs is 1. The van der Waals surface area contributed by atoms with Crippen molar-refractivity contribution < 1.29 is 4.79 Å². The molecule has 0 saturated carbocycles. The minimum absolute atomic E-state index is 0.151. The van der Waals surface area contributed by atoms with Crippen molar-refractivity contribution in [3.8, 4) is 0 Å². The number of halogens is 1. The van der Waals surface area contributed by atoms with E-state index in [1.807, 2.05) is 61.3 Å². The summed E-state index contributed by atoms with van der Waals surface area (Å²) in [5.41, 5.74) is 4.07. The number of benzene rings is 1. The fourth-order valence-corrected chi connectivity index (χ4v) is 3.05. The first-order chi connectivity index (χ1) is 10.9. The molecule has 2 heterocycles. The number of hydrogen-bond acceptors (Lipinski definition) is 2. The first-order valence-corrected chi connectivity index (χ1v) is 7.90. The third-order valence-corrected chi connectivity index (χ3v) is 4.39. The van der Waals surface area contributed by atoms with Crippen LogP contribution in [0.25, 0.3) is 10.9 Å². The van der Waals surface area contributed by atoms with Crippen LogP contribution in [0.1, 0.15) is 28.8 Å². The summed E-state index contributed by atoms with van der Waals surface area (Å²) in [4.78, 5) is 12.7. The molecule has 3 aromatic rings. The van der Waals surface area contributed by atoms with Crippen LogP contribution in [-0.2, 0) is 13.6 Å². The number of hydrogen-bond donors (Lipinski definition) is 1. The summed E-state index contributed by atoms with van der Waals surface area (Å²) in [5, 5.41) is 9.06. The second kappa shape index (κ2) is 5.74. The predicted molar refractivity (Wildman–Crippen MR) is 93.3 cm³/mol. The van der Waals surface area contributed by atoms with E-state index in [0.29, 0.717) is 10.7 Å². The first-order valence-electron chi connectivity index (χ1n) is 7.52. The molecule has 0 aliphatic rings. The Morgan fingerprint density at radius 3 is 2.70 bits per heavy atom. The molecule has 1 N–H and O–H groups in total. The van der Waals surface area contributed by atoms with E-state index in [2.05, 4.69) is 10.4 Å². The average molecular weight is 331 g/mol. The fraction of sp³-hybridized carbons (Fsp3) is 0.294. The van der Waals surface area contributed by atoms with Gasteiger partial charge in [0.2, 0.25) is 0 Å². The van der Waals surface area contributed by atoms with Crippen LogP contribution >= 0.6 is 11.6 Å². The molecule has 0 spiro atoms. The standard InChI is InChI=1S/C17H19ClN4O/c1-5-22-11(3)16(10(2)20-22)19-17(23)15-8-12-6-7-13(18)9-14(12)21(15)4/h6-9H,5H2,1-4H3,(H,19,23). The molecule has 3 rings (SSSR count). The van der Waals surface area contributed by atoms with Gasteiger partial charge < -0.3 is 9.88 Å². The summed E-state index contributed by atoms with van der Waals surface area (Å²) in [6, 6.07) is 7.47. The van der Waals surface area contributed by atoms with Crippen molar-refractivity contribution in [1.29, 1.82) is 0 Å². The molecular weight excluding hydrogens is 312 g/mol. The van der Waals surface area contributed by atoms with Gasteiger partial charge in [-0.25, -0.2) is 0 Å². The number of carbonyl (C=O) groups is 1. The number of aromatic nitrogens is 3. The van der Waals surface area contributed by atoms with Crippen molar-refractivity contribution in [2.45, 2.75) is 27.3 Å². The number of amides is 1. The van der Waals surface area contributed by atoms with Crippen molar-refractivity contribution in [3.63, 3.8) is 0 Å². The van der Waals surface area contributed by atoms with Gasteiger partial charge in [-0.1, -0.05) is 17.7 Å². The lowest BCUT2D eigenvalue weighted by Crippen LogP contribution is -2.16. The smallest absolute Gasteiger partial charge is 0.272 e. The molecule has 0 unspecified atom stereocenters. The zero-order valence-electron chi connectivity index (χ0n) is 13.6. The number of aryl methyl sites for hydroxylation is 3. The van der Waals surface area contributed by atoms with Crippen LogP contribution in [0.3, 0.4) is 0 Å². The number of nitrogens with one attached hydrogen (secondary N) is 1. The van der Waals surface area contributed by atoms with E-state index in [4.69, 9.17) is 11.6 Å². The van der Waals surface area contributed by atoms with E-state index < -0.39 is 0 Å². The lowest BCUT2D eigenvalue weighted by atomic mass is 10.2. The van der Waals surface area contributed by atoms with Gasteiger partial charge in [-0.3, -0.25) is 9.48 Å². The molecule has 1 amide bonds. The number of rotatable bonds is 3. The minimum Gasteiger partial charge on any atom is -0.340 e. The Labute approximate surface area is 139 Å². The van der Waals surface area contributed by atoms with Crippen molar-refractivity contribution in [2.75, 3.05) is 5.32 Å². The lowest BCUT2D eigenvalue weighted by Gasteiger charge is -2.07. The molecule has 0 fully saturated rings. The Morgan fingerprint density at radius 2 is 2.04 bits per heavy atom. The van der Waals surface area contributed by atoms with Crippen molar-refractivity contribution >= 4 is 34.1 Å². The second-order valence-corrected chi connectivity index (χ2v) is 6.04. The maximum Gasteiger partial charge on any atom is 0.272 e. The third-order valence-electron chi connectivity index (χ3n) is 4.16. The Hall–Kier alpha value is -2.27. The zero-order valence-corrected chi connectivity index (χ0v) is 14.4. The zero-order chi connectivity index (χ0) is 16.7. The Kier molecular flexibility index (Phi) is 3.90. The van der Waals surface area contributed by atoms with Crippen LogP contribution in [0, 0.1) is 13.8 Å². The third kappa shape index (κ3) is 2.61. The quantitative estimate of drug-likeness (QED) is 0.791. The van der Waals surface area contributed by atoms with E-state index in [1.54, 1.807) is 0 Å². The molecule has 0 saturated heterocycles. The van der Waals surface area contributed by atoms with E-state index >= 15 is 0 Å². The number of anilines is 1. The molecule has 0 aliphatic heterocycles. The van der Waals surface area contributed by atoms with Gasteiger partial charge >= 0.3 is 0 Å². The lowest BCUT2D eigenvalue weighted by molar-refractivity contribution is 0.101. The van der Waals surface area contributed by atoms with E-state index in [-0.39, 0.29) is 5.91 Å². The van der Waals surface area contributed by atoms with Crippen LogP contribution in [0.15, 0.2) is 24.3 Å². The minimum atomic E-state index is -0.151. The van der Waals surface area contributed by atoms with Gasteiger partial charge in [0.05, 0.1) is 17.1 Å². The monoisotopic (exact) mass is 330 g/mol. The van der Waals surface area contributed by atoms with Crippen LogP contribution in [-0.4, -0.2) is 20.3 Å². The van der Waals surface area contributed by atoms with Crippen molar-refractivity contribution in [3.05, 3.63) is 46.4 Å². The Bertz CT molecular complexity index is 907. The molecule has 2 aromatic heterocycles. The summed E-state index contributed by atoms with van der Waals surface area (Å²) in [5.74, 6) is -0.151. The highest BCUT2D eigenvalue weighted by atomic mass is 35.5. The Morgan fingerprint density at radius 1 is 1.30 bits per heavy atom. The second-order valence-electron chi connectivity index (χ2n) is 5.61. The van der Waals surface area contributed by atoms with Crippen LogP contribution in [0.5, 0.6) is 0 Å². The van der Waals surface area contributed by atoms with Gasteiger partial charge in [-0.05, 0) is 39.0 Å². The van der Waals surface area contributed by atoms with Crippen LogP contribution in [0.2, 0.25) is 5.02 Å². The number of nitrogens with zero attached hydrogens (tertiary/aromatic N) is 3. The highest BCUT2D eigenvalue weighted by Gasteiger charge is 2.18. The fourth-order valence-electron chi connectivity index (χ4n) is 2.88. The van der Waals surface area contributed by atoms with E-state index in [0.717, 1.165) is 34.5 Å². The summed E-state index contributed by atoms with van der Waals surface area (Å²) in [6.07, 6.45) is 0. The normalized spacial score (nSPS) is 11.2. The predicted octanol–water partition coefficient (Wildman–Crippen LogP) is 3.92. The summed E-state index contributed by atoms with van der Waals surface area (Å²) >= 11 is 6.04. The Balaban J connectivity index is 1.98. The van der Waals surface area contributed by atoms with Crippen LogP contribution in [0.4, 0.5) is 5.69 Å². The summed E-state index contributed by atoms with van der Waals surface area (Å²) < 4.78 is 3.73. The SMILES string of the molecule is CCn1nc(C)c(NC(=O)c2cc3ccc(Cl)cc3n2C)c1C. The van der Waals surface area contributed by atoms with Gasteiger partial charge in [0.15, 0.2) is 0 Å². The molecule has 0 aliphatic carbocycles. The largest absolute Gasteiger partial charge is 0.340 e. The molecule has 0 radical (unpaired) electrons. The molecular formula is C17H19ClN4O. The highest BCUT2D eigenvalue weighted by Crippen LogP contribution is 2.25. The molecule has 0 atom stereocenters. The maximum absolute atomic E-state index is 12.7. The first kappa shape index (κ1) is 15.6. The van der Waals surface area contributed by atoms with E-state index in [1.165, 1.54) is 0 Å². The molecule has 0 bridgehead atoms. The molecule has 23 heavy (non-hydrogen) atoms. The average Bonchev–Trinajstić information content (AvgIpc) is 2.99. The number of carbonyl (C=O) groups excluding carboxylic acids is 1. The topological polar surface area (TPSA) is 51.9 Å². The highest BCUT2D eigenvalue weighted by molar-refractivity contribution is 6.31. The molecule has 5 nitrogen and oxygen atoms in total. The maximum atomic E-state index is 12.7. The van der Waals surface area contributed by atoms with E-state index in [9.17, 15) is 4.79 Å². The van der Waals surface area contributed by atoms with Gasteiger partial charge in [0.25, 0.3) is 5.91 Å². The van der Waals surface area contributed by atoms with Gasteiger partial charge in [-0.2, -0.15) is 5.10 Å². The summed E-state index contributed by atoms with van der Waals surface area (Å²) in [6.45, 7) is 6.66. The van der Waals surface area contributed by atoms with Gasteiger partial charge in [0.1, 0.15) is 5.69 Å². The summed E-state index contributed by atoms with van der Waals surface area (Å²) in [7, 11) is 1.86. The van der Waals surface area contributed by atoms with Gasteiger partial charge in [0, 0.05) is 29.5 Å². The van der Waals surface area contributed by atoms with Gasteiger partial charge in [-0.15, -0.1) is 0 Å². The van der Waals surface area contributed by atoms with Crippen molar-refractivity contribution in [2.24, 2.45) is 7.05 Å².